The molecule has 1 saturated heterocycles. The summed E-state index contributed by atoms with van der Waals surface area (Å²) in [5, 5.41) is 0. The predicted octanol–water partition coefficient (Wildman–Crippen LogP) is -2.45. The Hall–Kier alpha value is -0.650. The van der Waals surface area contributed by atoms with E-state index in [1.54, 1.807) is 0 Å². The van der Waals surface area contributed by atoms with Gasteiger partial charge in [-0.1, -0.05) is 0 Å². The minimum atomic E-state index is -0.458. The van der Waals surface area contributed by atoms with E-state index in [4.69, 9.17) is 5.73 Å². The van der Waals surface area contributed by atoms with E-state index in [0.717, 1.165) is 0 Å². The highest BCUT2D eigenvalue weighted by atomic mass is 16.7. The monoisotopic (exact) mass is 120 g/mol. The summed E-state index contributed by atoms with van der Waals surface area (Å²) in [6.45, 7) is 0.291. The van der Waals surface area contributed by atoms with Gasteiger partial charge in [-0.05, 0) is 0 Å². The van der Waals surface area contributed by atoms with Crippen LogP contribution in [-0.4, -0.2) is 24.0 Å². The summed E-state index contributed by atoms with van der Waals surface area (Å²) < 4.78 is 0. The molecular weight excluding hydrogens is 112 g/mol. The maximum absolute atomic E-state index is 10.2. The average molecular weight is 120 g/mol. The van der Waals surface area contributed by atoms with Crippen LogP contribution in [0, 0.1) is 0 Å². The molecule has 0 saturated carbocycles. The molecule has 1 heterocycles. The van der Waals surface area contributed by atoms with Crippen LogP contribution in [0.1, 0.15) is 0 Å². The van der Waals surface area contributed by atoms with Crippen molar-refractivity contribution in [2.24, 2.45) is 5.73 Å². The smallest absolute Gasteiger partial charge is 0.262 e. The number of rotatable bonds is 0. The van der Waals surface area contributed by atoms with Crippen molar-refractivity contribution in [1.82, 2.24) is 5.48 Å². The lowest BCUT2D eigenvalue weighted by Gasteiger charge is -1.87. The third-order valence-corrected chi connectivity index (χ3v) is 0.772. The number of hydroxylamine groups is 1. The molecule has 0 aromatic rings. The molecule has 0 aliphatic carbocycles. The molecule has 1 amide bonds. The molecule has 0 radical (unpaired) electrons. The van der Waals surface area contributed by atoms with E-state index in [1.807, 2.05) is 0 Å². The van der Waals surface area contributed by atoms with Crippen molar-refractivity contribution in [2.75, 3.05) is 6.61 Å². The molecule has 5 N–H and O–H groups in total. The van der Waals surface area contributed by atoms with Crippen LogP contribution >= 0.6 is 0 Å². The first kappa shape index (κ1) is 7.35. The first-order valence-corrected chi connectivity index (χ1v) is 1.98. The van der Waals surface area contributed by atoms with Crippen LogP contribution in [0.15, 0.2) is 0 Å². The van der Waals surface area contributed by atoms with Crippen LogP contribution in [0.3, 0.4) is 0 Å². The molecule has 1 aliphatic heterocycles. The fraction of sp³-hybridized carbons (Fsp3) is 0.667. The Kier molecular flexibility index (Phi) is 2.40. The molecule has 0 bridgehead atoms. The van der Waals surface area contributed by atoms with Crippen molar-refractivity contribution in [3.63, 3.8) is 0 Å². The number of hydrogen-bond donors (Lipinski definition) is 2. The van der Waals surface area contributed by atoms with Crippen molar-refractivity contribution in [1.29, 1.82) is 0 Å². The summed E-state index contributed by atoms with van der Waals surface area (Å²) in [5.74, 6) is -0.236. The zero-order chi connectivity index (χ0) is 5.28. The first-order valence-electron chi connectivity index (χ1n) is 1.98. The van der Waals surface area contributed by atoms with Gasteiger partial charge >= 0.3 is 0 Å². The van der Waals surface area contributed by atoms with Crippen LogP contribution < -0.4 is 11.2 Å². The molecule has 5 nitrogen and oxygen atoms in total. The van der Waals surface area contributed by atoms with Gasteiger partial charge in [-0.3, -0.25) is 9.63 Å². The van der Waals surface area contributed by atoms with Crippen LogP contribution in [-0.2, 0) is 9.63 Å². The largest absolute Gasteiger partial charge is 0.412 e. The zero-order valence-electron chi connectivity index (χ0n) is 4.18. The number of nitrogens with one attached hydrogen (secondary N) is 1. The Morgan fingerprint density at radius 3 is 2.62 bits per heavy atom. The van der Waals surface area contributed by atoms with Gasteiger partial charge in [0, 0.05) is 0 Å². The maximum atomic E-state index is 10.2. The maximum Gasteiger partial charge on any atom is 0.262 e. The zero-order valence-corrected chi connectivity index (χ0v) is 4.18. The van der Waals surface area contributed by atoms with Crippen LogP contribution in [0.25, 0.3) is 0 Å². The Balaban J connectivity index is 0.000000490. The average Bonchev–Trinajstić information content (AvgIpc) is 1.91. The Bertz CT molecular complexity index is 94.5. The molecule has 1 fully saturated rings. The lowest BCUT2D eigenvalue weighted by Crippen LogP contribution is -2.31. The van der Waals surface area contributed by atoms with Gasteiger partial charge in [-0.2, -0.15) is 0 Å². The van der Waals surface area contributed by atoms with Gasteiger partial charge in [0.05, 0.1) is 6.61 Å². The second-order valence-corrected chi connectivity index (χ2v) is 1.38. The standard InChI is InChI=1S/C3H6N2O2.H2O/c4-2-1-7-5-3(2)6;/h2H,1,4H2,(H,5,6);1H2/t2-;/m1./s1. The Morgan fingerprint density at radius 2 is 2.50 bits per heavy atom. The normalized spacial score (nSPS) is 26.6. The van der Waals surface area contributed by atoms with Crippen LogP contribution in [0.5, 0.6) is 0 Å². The van der Waals surface area contributed by atoms with E-state index in [9.17, 15) is 4.79 Å². The van der Waals surface area contributed by atoms with Crippen molar-refractivity contribution in [3.05, 3.63) is 0 Å². The summed E-state index contributed by atoms with van der Waals surface area (Å²) in [6, 6.07) is -0.458. The molecular formula is C3H8N2O3. The summed E-state index contributed by atoms with van der Waals surface area (Å²) in [4.78, 5) is 14.7. The topological polar surface area (TPSA) is 95.8 Å². The fourth-order valence-corrected chi connectivity index (χ4v) is 0.354. The predicted molar refractivity (Wildman–Crippen MR) is 25.7 cm³/mol. The second kappa shape index (κ2) is 2.61. The van der Waals surface area contributed by atoms with Gasteiger partial charge in [0.25, 0.3) is 5.91 Å². The quantitative estimate of drug-likeness (QED) is 0.371. The highest BCUT2D eigenvalue weighted by Crippen LogP contribution is 1.87. The highest BCUT2D eigenvalue weighted by molar-refractivity contribution is 5.81. The molecule has 48 valence electrons. The van der Waals surface area contributed by atoms with Crippen molar-refractivity contribution >= 4 is 5.91 Å². The first-order chi connectivity index (χ1) is 3.30. The van der Waals surface area contributed by atoms with Gasteiger partial charge in [-0.15, -0.1) is 0 Å². The van der Waals surface area contributed by atoms with E-state index < -0.39 is 6.04 Å². The van der Waals surface area contributed by atoms with E-state index in [-0.39, 0.29) is 11.4 Å². The summed E-state index contributed by atoms with van der Waals surface area (Å²) in [5.41, 5.74) is 7.25. The molecule has 0 spiro atoms. The molecule has 0 aromatic carbocycles. The van der Waals surface area contributed by atoms with Gasteiger partial charge in [0.15, 0.2) is 0 Å². The minimum Gasteiger partial charge on any atom is -0.412 e. The van der Waals surface area contributed by atoms with Gasteiger partial charge in [-0.25, -0.2) is 5.48 Å². The minimum absolute atomic E-state index is 0. The highest BCUT2D eigenvalue weighted by Gasteiger charge is 2.19. The Morgan fingerprint density at radius 1 is 1.88 bits per heavy atom. The number of nitrogens with two attached hydrogens (primary N) is 1. The van der Waals surface area contributed by atoms with Gasteiger partial charge in [0.1, 0.15) is 6.04 Å². The van der Waals surface area contributed by atoms with E-state index in [2.05, 4.69) is 10.3 Å². The molecule has 0 aromatic heterocycles. The van der Waals surface area contributed by atoms with Crippen LogP contribution in [0.4, 0.5) is 0 Å². The van der Waals surface area contributed by atoms with Gasteiger partial charge < -0.3 is 11.2 Å². The van der Waals surface area contributed by atoms with E-state index in [1.165, 1.54) is 0 Å². The number of carbonyl (C=O) groups is 1. The summed E-state index contributed by atoms with van der Waals surface area (Å²) >= 11 is 0. The second-order valence-electron chi connectivity index (χ2n) is 1.38. The third-order valence-electron chi connectivity index (χ3n) is 0.772. The number of amides is 1. The van der Waals surface area contributed by atoms with E-state index in [0.29, 0.717) is 6.61 Å². The van der Waals surface area contributed by atoms with Crippen molar-refractivity contribution in [2.45, 2.75) is 6.04 Å². The summed E-state index contributed by atoms with van der Waals surface area (Å²) in [7, 11) is 0. The lowest BCUT2D eigenvalue weighted by molar-refractivity contribution is -0.124. The van der Waals surface area contributed by atoms with Gasteiger partial charge in [0.2, 0.25) is 0 Å². The molecule has 5 heteroatoms. The summed E-state index contributed by atoms with van der Waals surface area (Å²) in [6.07, 6.45) is 0. The molecule has 1 atom stereocenters. The van der Waals surface area contributed by atoms with Crippen molar-refractivity contribution in [3.8, 4) is 0 Å². The third kappa shape index (κ3) is 1.16. The lowest BCUT2D eigenvalue weighted by atomic mass is 10.3. The van der Waals surface area contributed by atoms with Crippen molar-refractivity contribution < 1.29 is 15.1 Å². The molecule has 0 unspecified atom stereocenters. The van der Waals surface area contributed by atoms with Crippen LogP contribution in [0.2, 0.25) is 0 Å². The fourth-order valence-electron chi connectivity index (χ4n) is 0.354. The molecule has 1 rings (SSSR count). The molecule has 8 heavy (non-hydrogen) atoms. The number of carbonyl (C=O) groups excluding carboxylic acids is 1. The van der Waals surface area contributed by atoms with E-state index >= 15 is 0 Å². The SMILES string of the molecule is N[C@@H]1CONC1=O.O. The molecule has 1 aliphatic rings. The number of hydrogen-bond acceptors (Lipinski definition) is 3. The Labute approximate surface area is 46.1 Å².